The molecule has 0 radical (unpaired) electrons. The maximum absolute atomic E-state index is 12.6. The first-order chi connectivity index (χ1) is 13.2. The molecule has 134 valence electrons. The second-order valence-corrected chi connectivity index (χ2v) is 7.90. The maximum atomic E-state index is 12.6. The molecule has 0 aliphatic carbocycles. The van der Waals surface area contributed by atoms with Gasteiger partial charge in [0.15, 0.2) is 5.09 Å². The van der Waals surface area contributed by atoms with Gasteiger partial charge >= 0.3 is 0 Å². The molecule has 1 fully saturated rings. The summed E-state index contributed by atoms with van der Waals surface area (Å²) in [4.78, 5) is 27.5. The Bertz CT molecular complexity index is 997. The number of rotatable bonds is 5. The van der Waals surface area contributed by atoms with Crippen LogP contribution in [-0.4, -0.2) is 16.0 Å². The zero-order valence-corrected chi connectivity index (χ0v) is 15.8. The standard InChI is InChI=1S/C21H15NO3S2/c23-20-18(27-21(24)22(20)14-15-7-3-1-4-8-15)13-16-11-12-19(25-16)26-17-9-5-2-6-10-17/h1-13H,14H2/b18-13-. The zero-order valence-electron chi connectivity index (χ0n) is 14.2. The maximum Gasteiger partial charge on any atom is 0.293 e. The highest BCUT2D eigenvalue weighted by Crippen LogP contribution is 2.35. The van der Waals surface area contributed by atoms with Crippen molar-refractivity contribution < 1.29 is 14.0 Å². The third-order valence-corrected chi connectivity index (χ3v) is 5.73. The second kappa shape index (κ2) is 7.90. The Morgan fingerprint density at radius 2 is 1.63 bits per heavy atom. The third kappa shape index (κ3) is 4.18. The van der Waals surface area contributed by atoms with Crippen LogP contribution in [0.2, 0.25) is 0 Å². The number of hydrogen-bond donors (Lipinski definition) is 0. The van der Waals surface area contributed by atoms with Crippen LogP contribution in [0.4, 0.5) is 4.79 Å². The number of benzene rings is 2. The molecule has 1 aliphatic rings. The number of imide groups is 1. The molecule has 0 saturated carbocycles. The topological polar surface area (TPSA) is 50.5 Å². The lowest BCUT2D eigenvalue weighted by atomic mass is 10.2. The Morgan fingerprint density at radius 1 is 0.926 bits per heavy atom. The predicted octanol–water partition coefficient (Wildman–Crippen LogP) is 5.67. The molecule has 1 aromatic heterocycles. The van der Waals surface area contributed by atoms with Gasteiger partial charge in [0.05, 0.1) is 11.4 Å². The summed E-state index contributed by atoms with van der Waals surface area (Å²) in [7, 11) is 0. The summed E-state index contributed by atoms with van der Waals surface area (Å²) in [6.45, 7) is 0.274. The minimum Gasteiger partial charge on any atom is -0.450 e. The van der Waals surface area contributed by atoms with Crippen molar-refractivity contribution in [1.82, 2.24) is 4.90 Å². The van der Waals surface area contributed by atoms with E-state index in [0.29, 0.717) is 10.7 Å². The molecule has 0 atom stereocenters. The van der Waals surface area contributed by atoms with Crippen LogP contribution in [0.3, 0.4) is 0 Å². The number of furan rings is 1. The van der Waals surface area contributed by atoms with E-state index in [1.807, 2.05) is 66.7 Å². The van der Waals surface area contributed by atoms with Gasteiger partial charge in [0.2, 0.25) is 0 Å². The molecule has 2 aromatic carbocycles. The van der Waals surface area contributed by atoms with Crippen LogP contribution in [0.1, 0.15) is 11.3 Å². The van der Waals surface area contributed by atoms with Crippen LogP contribution in [-0.2, 0) is 11.3 Å². The number of amides is 2. The van der Waals surface area contributed by atoms with E-state index in [4.69, 9.17) is 4.42 Å². The Balaban J connectivity index is 1.48. The number of nitrogens with zero attached hydrogens (tertiary/aromatic N) is 1. The molecule has 2 heterocycles. The van der Waals surface area contributed by atoms with Gasteiger partial charge in [0, 0.05) is 11.0 Å². The minimum absolute atomic E-state index is 0.263. The van der Waals surface area contributed by atoms with Crippen molar-refractivity contribution in [3.63, 3.8) is 0 Å². The van der Waals surface area contributed by atoms with Crippen molar-refractivity contribution >= 4 is 40.7 Å². The average Bonchev–Trinajstić information content (AvgIpc) is 3.23. The molecular weight excluding hydrogens is 378 g/mol. The summed E-state index contributed by atoms with van der Waals surface area (Å²) in [5.41, 5.74) is 0.917. The van der Waals surface area contributed by atoms with E-state index in [1.165, 1.54) is 16.7 Å². The van der Waals surface area contributed by atoms with Gasteiger partial charge in [-0.25, -0.2) is 0 Å². The van der Waals surface area contributed by atoms with Crippen molar-refractivity contribution in [2.24, 2.45) is 0 Å². The predicted molar refractivity (Wildman–Crippen MR) is 107 cm³/mol. The molecule has 27 heavy (non-hydrogen) atoms. The van der Waals surface area contributed by atoms with E-state index in [-0.39, 0.29) is 17.7 Å². The third-order valence-electron chi connectivity index (χ3n) is 3.89. The fourth-order valence-corrected chi connectivity index (χ4v) is 4.22. The number of thioether (sulfide) groups is 1. The Kier molecular flexibility index (Phi) is 5.18. The number of hydrogen-bond acceptors (Lipinski definition) is 5. The largest absolute Gasteiger partial charge is 0.450 e. The monoisotopic (exact) mass is 393 g/mol. The van der Waals surface area contributed by atoms with Gasteiger partial charge in [-0.2, -0.15) is 0 Å². The van der Waals surface area contributed by atoms with Crippen molar-refractivity contribution in [3.8, 4) is 0 Å². The van der Waals surface area contributed by atoms with E-state index in [0.717, 1.165) is 27.3 Å². The van der Waals surface area contributed by atoms with Crippen molar-refractivity contribution in [2.45, 2.75) is 16.5 Å². The van der Waals surface area contributed by atoms with E-state index >= 15 is 0 Å². The van der Waals surface area contributed by atoms with Crippen molar-refractivity contribution in [3.05, 3.63) is 89.0 Å². The van der Waals surface area contributed by atoms with Crippen LogP contribution < -0.4 is 0 Å². The molecule has 6 heteroatoms. The van der Waals surface area contributed by atoms with Gasteiger partial charge in [-0.15, -0.1) is 0 Å². The van der Waals surface area contributed by atoms with Gasteiger partial charge in [-0.05, 0) is 41.6 Å². The summed E-state index contributed by atoms with van der Waals surface area (Å²) in [5, 5.41) is 0.469. The van der Waals surface area contributed by atoms with E-state index in [2.05, 4.69) is 0 Å². The lowest BCUT2D eigenvalue weighted by Gasteiger charge is -2.11. The van der Waals surface area contributed by atoms with E-state index < -0.39 is 0 Å². The van der Waals surface area contributed by atoms with Crippen molar-refractivity contribution in [1.29, 1.82) is 0 Å². The smallest absolute Gasteiger partial charge is 0.293 e. The average molecular weight is 393 g/mol. The number of carbonyl (C=O) groups excluding carboxylic acids is 2. The highest BCUT2D eigenvalue weighted by molar-refractivity contribution is 8.18. The van der Waals surface area contributed by atoms with Crippen molar-refractivity contribution in [2.75, 3.05) is 0 Å². The molecule has 0 unspecified atom stereocenters. The number of carbonyl (C=O) groups is 2. The lowest BCUT2D eigenvalue weighted by molar-refractivity contribution is -0.123. The first-order valence-electron chi connectivity index (χ1n) is 8.31. The molecule has 1 aliphatic heterocycles. The van der Waals surface area contributed by atoms with Gasteiger partial charge < -0.3 is 4.42 Å². The SMILES string of the molecule is O=C1S/C(=C\c2ccc(Sc3ccccc3)o2)C(=O)N1Cc1ccccc1. The molecule has 0 spiro atoms. The molecule has 4 rings (SSSR count). The molecule has 0 N–H and O–H groups in total. The zero-order chi connectivity index (χ0) is 18.6. The summed E-state index contributed by atoms with van der Waals surface area (Å²) in [5.74, 6) is 0.265. The highest BCUT2D eigenvalue weighted by Gasteiger charge is 2.35. The molecular formula is C21H15NO3S2. The first-order valence-corrected chi connectivity index (χ1v) is 9.94. The van der Waals surface area contributed by atoms with E-state index in [1.54, 1.807) is 12.1 Å². The fraction of sp³-hybridized carbons (Fsp3) is 0.0476. The van der Waals surface area contributed by atoms with Gasteiger partial charge in [0.25, 0.3) is 11.1 Å². The van der Waals surface area contributed by atoms with Crippen LogP contribution in [0.5, 0.6) is 0 Å². The Morgan fingerprint density at radius 3 is 2.37 bits per heavy atom. The summed E-state index contributed by atoms with van der Waals surface area (Å²) < 4.78 is 5.78. The molecule has 4 nitrogen and oxygen atoms in total. The Hall–Kier alpha value is -2.70. The molecule has 0 bridgehead atoms. The first kappa shape index (κ1) is 17.7. The van der Waals surface area contributed by atoms with Gasteiger partial charge in [0.1, 0.15) is 5.76 Å². The van der Waals surface area contributed by atoms with Crippen LogP contribution >= 0.6 is 23.5 Å². The molecule has 2 amide bonds. The molecule has 1 saturated heterocycles. The highest BCUT2D eigenvalue weighted by atomic mass is 32.2. The normalized spacial score (nSPS) is 15.7. The van der Waals surface area contributed by atoms with Crippen LogP contribution in [0, 0.1) is 0 Å². The van der Waals surface area contributed by atoms with Crippen LogP contribution in [0.25, 0.3) is 6.08 Å². The van der Waals surface area contributed by atoms with E-state index in [9.17, 15) is 9.59 Å². The summed E-state index contributed by atoms with van der Waals surface area (Å²) in [6, 6.07) is 23.0. The minimum atomic E-state index is -0.289. The van der Waals surface area contributed by atoms with Crippen LogP contribution in [0.15, 0.2) is 92.1 Å². The van der Waals surface area contributed by atoms with Gasteiger partial charge in [-0.1, -0.05) is 60.3 Å². The fourth-order valence-electron chi connectivity index (χ4n) is 2.60. The van der Waals surface area contributed by atoms with Gasteiger partial charge in [-0.3, -0.25) is 14.5 Å². The Labute approximate surface area is 165 Å². The quantitative estimate of drug-likeness (QED) is 0.523. The summed E-state index contributed by atoms with van der Waals surface area (Å²) in [6.07, 6.45) is 1.63. The lowest BCUT2D eigenvalue weighted by Crippen LogP contribution is -2.27. The summed E-state index contributed by atoms with van der Waals surface area (Å²) >= 11 is 2.45. The second-order valence-electron chi connectivity index (χ2n) is 5.83. The molecule has 3 aromatic rings.